The first-order valence-electron chi connectivity index (χ1n) is 11.6. The van der Waals surface area contributed by atoms with Crippen LogP contribution in [0.25, 0.3) is 28.2 Å². The van der Waals surface area contributed by atoms with E-state index < -0.39 is 0 Å². The van der Waals surface area contributed by atoms with Gasteiger partial charge in [-0.2, -0.15) is 25.3 Å². The minimum absolute atomic E-state index is 0.00778. The molecule has 186 valence electrons. The van der Waals surface area contributed by atoms with E-state index in [2.05, 4.69) is 15.4 Å². The molecule has 3 heterocycles. The normalized spacial score (nSPS) is 17.5. The fourth-order valence-corrected chi connectivity index (χ4v) is 5.11. The van der Waals surface area contributed by atoms with Crippen molar-refractivity contribution < 1.29 is 7.77 Å². The van der Waals surface area contributed by atoms with Gasteiger partial charge in [-0.1, -0.05) is 55.7 Å². The molecular formula is C25H29F2N5S3. The molecule has 1 fully saturated rings. The Labute approximate surface area is 219 Å². The molecule has 0 saturated heterocycles. The van der Waals surface area contributed by atoms with E-state index >= 15 is 0 Å². The van der Waals surface area contributed by atoms with E-state index in [0.717, 1.165) is 44.8 Å². The third-order valence-corrected chi connectivity index (χ3v) is 7.20. The van der Waals surface area contributed by atoms with Crippen molar-refractivity contribution in [3.63, 3.8) is 0 Å². The smallest absolute Gasteiger partial charge is 0.179 e. The first kappa shape index (κ1) is 25.9. The Morgan fingerprint density at radius 2 is 1.66 bits per heavy atom. The summed E-state index contributed by atoms with van der Waals surface area (Å²) in [7, 11) is 0. The lowest BCUT2D eigenvalue weighted by atomic mass is 9.83. The van der Waals surface area contributed by atoms with Gasteiger partial charge in [0.25, 0.3) is 0 Å². The Kier molecular flexibility index (Phi) is 9.39. The summed E-state index contributed by atoms with van der Waals surface area (Å²) >= 11 is 1.44. The molecule has 2 aromatic heterocycles. The summed E-state index contributed by atoms with van der Waals surface area (Å²) in [6.45, 7) is 0. The number of rotatable bonds is 6. The Morgan fingerprint density at radius 3 is 2.29 bits per heavy atom. The summed E-state index contributed by atoms with van der Waals surface area (Å²) in [5.41, 5.74) is 3.69. The monoisotopic (exact) mass is 533 g/mol. The van der Waals surface area contributed by atoms with Crippen molar-refractivity contribution in [2.45, 2.75) is 38.1 Å². The van der Waals surface area contributed by atoms with E-state index in [1.165, 1.54) is 19.3 Å². The second kappa shape index (κ2) is 12.7. The van der Waals surface area contributed by atoms with Gasteiger partial charge in [-0.3, -0.25) is 4.98 Å². The molecule has 0 spiro atoms. The van der Waals surface area contributed by atoms with Gasteiger partial charge in [0, 0.05) is 22.9 Å². The number of nitrogens with one attached hydrogen (secondary N) is 1. The molecule has 1 saturated carbocycles. The third kappa shape index (κ3) is 5.98. The number of aromatic nitrogens is 3. The van der Waals surface area contributed by atoms with Gasteiger partial charge >= 0.3 is 0 Å². The lowest BCUT2D eigenvalue weighted by Gasteiger charge is -2.34. The number of hydrogen-bond acceptors (Lipinski definition) is 7. The molecule has 1 aliphatic carbocycles. The van der Waals surface area contributed by atoms with Crippen LogP contribution in [0, 0.1) is 5.92 Å². The van der Waals surface area contributed by atoms with Crippen LogP contribution in [0.1, 0.15) is 32.1 Å². The largest absolute Gasteiger partial charge is 0.363 e. The molecule has 1 aliphatic heterocycles. The van der Waals surface area contributed by atoms with E-state index in [1.807, 2.05) is 67.2 Å². The number of hydrogen-bond donors (Lipinski definition) is 1. The first-order valence-corrected chi connectivity index (χ1v) is 14.5. The molecule has 0 radical (unpaired) electrons. The van der Waals surface area contributed by atoms with Crippen LogP contribution >= 0.6 is 36.4 Å². The zero-order valence-electron chi connectivity index (χ0n) is 19.7. The van der Waals surface area contributed by atoms with E-state index in [1.54, 1.807) is 22.6 Å². The molecular weight excluding hydrogens is 505 g/mol. The van der Waals surface area contributed by atoms with Crippen LogP contribution in [0.4, 0.5) is 13.6 Å². The molecule has 10 heteroatoms. The van der Waals surface area contributed by atoms with Gasteiger partial charge in [-0.15, -0.1) is 7.77 Å². The van der Waals surface area contributed by atoms with Crippen LogP contribution in [0.2, 0.25) is 0 Å². The SMILES string of the molecule is CSC.FSN(SF)C1=CC(C2CCCCC2)Nc2c(-c3ccc(-c4ccccc4)nc3)cnn21. The number of pyridine rings is 1. The van der Waals surface area contributed by atoms with Crippen LogP contribution in [-0.2, 0) is 0 Å². The van der Waals surface area contributed by atoms with Crippen LogP contribution in [0.5, 0.6) is 0 Å². The first-order chi connectivity index (χ1) is 17.2. The molecule has 3 aromatic rings. The summed E-state index contributed by atoms with van der Waals surface area (Å²) in [6, 6.07) is 14.0. The molecule has 5 nitrogen and oxygen atoms in total. The second-order valence-corrected chi connectivity index (χ2v) is 10.6. The highest BCUT2D eigenvalue weighted by Gasteiger charge is 2.32. The molecule has 35 heavy (non-hydrogen) atoms. The van der Waals surface area contributed by atoms with Gasteiger partial charge in [-0.05, 0) is 43.4 Å². The maximum Gasteiger partial charge on any atom is 0.179 e. The second-order valence-electron chi connectivity index (χ2n) is 8.51. The predicted molar refractivity (Wildman–Crippen MR) is 148 cm³/mol. The van der Waals surface area contributed by atoms with E-state index in [9.17, 15) is 7.77 Å². The minimum atomic E-state index is -0.155. The standard InChI is InChI=1S/C23H23F2N5S2.C2H6S/c24-31-30(32-25)22-13-21(17-9-5-2-6-10-17)28-23-19(15-27-29(22)23)18-11-12-20(26-14-18)16-7-3-1-4-8-16;1-3-2/h1,3-4,7-8,11-15,17,21,28H,2,5-6,9-10H2;1-2H3. The molecule has 1 unspecified atom stereocenters. The third-order valence-electron chi connectivity index (χ3n) is 6.23. The van der Waals surface area contributed by atoms with Gasteiger partial charge in [0.2, 0.25) is 0 Å². The fraction of sp³-hybridized carbons (Fsp3) is 0.360. The molecule has 1 atom stereocenters. The summed E-state index contributed by atoms with van der Waals surface area (Å²) in [6.07, 6.45) is 15.3. The van der Waals surface area contributed by atoms with Crippen molar-refractivity contribution in [2.75, 3.05) is 17.8 Å². The minimum Gasteiger partial charge on any atom is -0.363 e. The van der Waals surface area contributed by atoms with Crippen molar-refractivity contribution in [3.8, 4) is 22.4 Å². The quantitative estimate of drug-likeness (QED) is 0.321. The van der Waals surface area contributed by atoms with Gasteiger partial charge in [0.05, 0.1) is 17.9 Å². The average Bonchev–Trinajstić information content (AvgIpc) is 3.35. The Morgan fingerprint density at radius 1 is 0.943 bits per heavy atom. The molecule has 1 aromatic carbocycles. The Bertz CT molecular complexity index is 1100. The molecule has 1 N–H and O–H groups in total. The van der Waals surface area contributed by atoms with E-state index in [4.69, 9.17) is 0 Å². The summed E-state index contributed by atoms with van der Waals surface area (Å²) in [5.74, 6) is 1.54. The highest BCUT2D eigenvalue weighted by atomic mass is 32.3. The summed E-state index contributed by atoms with van der Waals surface area (Å²) in [4.78, 5) is 4.63. The molecule has 2 aliphatic rings. The van der Waals surface area contributed by atoms with Gasteiger partial charge < -0.3 is 5.32 Å². The number of benzene rings is 1. The lowest BCUT2D eigenvalue weighted by Crippen LogP contribution is -2.35. The summed E-state index contributed by atoms with van der Waals surface area (Å²) in [5, 5.41) is 8.05. The van der Waals surface area contributed by atoms with Crippen LogP contribution < -0.4 is 5.32 Å². The number of halogens is 2. The average molecular weight is 534 g/mol. The zero-order chi connectivity index (χ0) is 24.6. The number of thioether (sulfide) groups is 1. The predicted octanol–water partition coefficient (Wildman–Crippen LogP) is 8.13. The number of nitrogens with zero attached hydrogens (tertiary/aromatic N) is 4. The number of fused-ring (bicyclic) bond motifs is 1. The molecule has 0 amide bonds. The molecule has 5 rings (SSSR count). The van der Waals surface area contributed by atoms with Crippen molar-refractivity contribution in [1.29, 1.82) is 0 Å². The van der Waals surface area contributed by atoms with Gasteiger partial charge in [-0.25, -0.2) is 0 Å². The van der Waals surface area contributed by atoms with E-state index in [-0.39, 0.29) is 30.7 Å². The van der Waals surface area contributed by atoms with E-state index in [0.29, 0.717) is 11.7 Å². The topological polar surface area (TPSA) is 46.0 Å². The molecule has 0 bridgehead atoms. The van der Waals surface area contributed by atoms with Crippen LogP contribution in [-0.4, -0.2) is 37.0 Å². The maximum atomic E-state index is 13.5. The maximum absolute atomic E-state index is 13.5. The van der Waals surface area contributed by atoms with Crippen LogP contribution in [0.3, 0.4) is 0 Å². The fourth-order valence-electron chi connectivity index (χ4n) is 4.60. The van der Waals surface area contributed by atoms with Crippen molar-refractivity contribution in [2.24, 2.45) is 5.92 Å². The highest BCUT2D eigenvalue weighted by Crippen LogP contribution is 2.41. The number of anilines is 1. The summed E-state index contributed by atoms with van der Waals surface area (Å²) < 4.78 is 29.5. The Hall–Kier alpha value is -2.17. The Balaban J connectivity index is 0.000000917. The van der Waals surface area contributed by atoms with Gasteiger partial charge in [0.1, 0.15) is 5.82 Å². The van der Waals surface area contributed by atoms with Crippen LogP contribution in [0.15, 0.2) is 60.9 Å². The lowest BCUT2D eigenvalue weighted by molar-refractivity contribution is 0.340. The van der Waals surface area contributed by atoms with Gasteiger partial charge in [0.15, 0.2) is 30.5 Å². The van der Waals surface area contributed by atoms with Crippen molar-refractivity contribution >= 4 is 48.1 Å². The van der Waals surface area contributed by atoms with Crippen molar-refractivity contribution in [3.05, 3.63) is 60.9 Å². The van der Waals surface area contributed by atoms with Crippen molar-refractivity contribution in [1.82, 2.24) is 18.5 Å². The highest BCUT2D eigenvalue weighted by molar-refractivity contribution is 8.07. The zero-order valence-corrected chi connectivity index (χ0v) is 22.2.